The van der Waals surface area contributed by atoms with Gasteiger partial charge >= 0.3 is 5.97 Å². The average molecular weight is 258 g/mol. The number of aromatic nitrogens is 1. The lowest BCUT2D eigenvalue weighted by Gasteiger charge is -2.07. The number of hydrogen-bond acceptors (Lipinski definition) is 1. The Hall–Kier alpha value is -1.03. The molecule has 1 N–H and O–H groups in total. The van der Waals surface area contributed by atoms with E-state index in [0.717, 1.165) is 15.9 Å². The van der Waals surface area contributed by atoms with Gasteiger partial charge in [0.1, 0.15) is 0 Å². The maximum absolute atomic E-state index is 10.8. The number of halogens is 1. The molecule has 0 spiro atoms. The average Bonchev–Trinajstić information content (AvgIpc) is 2.31. The molecule has 0 aliphatic carbocycles. The van der Waals surface area contributed by atoms with Crippen LogP contribution >= 0.6 is 15.9 Å². The molecule has 0 bridgehead atoms. The standard InChI is InChI=1S/C10H12BrNO2/c1-6(11)5-12-7(2)4-9(8(12)3)10(13)14/h4H,1,5H2,2-3H3,(H,13,14). The van der Waals surface area contributed by atoms with Crippen LogP contribution in [-0.2, 0) is 6.54 Å². The van der Waals surface area contributed by atoms with Gasteiger partial charge in [-0.05, 0) is 19.9 Å². The minimum atomic E-state index is -0.885. The van der Waals surface area contributed by atoms with Crippen molar-refractivity contribution in [3.8, 4) is 0 Å². The lowest BCUT2D eigenvalue weighted by molar-refractivity contribution is 0.0696. The van der Waals surface area contributed by atoms with E-state index in [1.807, 2.05) is 11.5 Å². The molecular formula is C10H12BrNO2. The molecule has 1 rings (SSSR count). The number of nitrogens with zero attached hydrogens (tertiary/aromatic N) is 1. The van der Waals surface area contributed by atoms with Gasteiger partial charge in [-0.25, -0.2) is 4.79 Å². The molecule has 0 saturated heterocycles. The van der Waals surface area contributed by atoms with Crippen LogP contribution in [0.2, 0.25) is 0 Å². The van der Waals surface area contributed by atoms with Crippen LogP contribution in [0.25, 0.3) is 0 Å². The first-order valence-corrected chi connectivity index (χ1v) is 4.96. The molecule has 0 unspecified atom stereocenters. The quantitative estimate of drug-likeness (QED) is 0.905. The topological polar surface area (TPSA) is 42.2 Å². The van der Waals surface area contributed by atoms with Crippen LogP contribution in [0.15, 0.2) is 17.1 Å². The zero-order chi connectivity index (χ0) is 10.9. The van der Waals surface area contributed by atoms with Gasteiger partial charge in [-0.1, -0.05) is 22.5 Å². The SMILES string of the molecule is C=C(Br)Cn1c(C)cc(C(=O)O)c1C. The summed E-state index contributed by atoms with van der Waals surface area (Å²) in [6.07, 6.45) is 0. The fraction of sp³-hybridized carbons (Fsp3) is 0.300. The molecular weight excluding hydrogens is 246 g/mol. The van der Waals surface area contributed by atoms with E-state index < -0.39 is 5.97 Å². The molecule has 0 radical (unpaired) electrons. The third-order valence-corrected chi connectivity index (χ3v) is 2.38. The van der Waals surface area contributed by atoms with Gasteiger partial charge in [0.25, 0.3) is 0 Å². The molecule has 0 atom stereocenters. The van der Waals surface area contributed by atoms with E-state index in [-0.39, 0.29) is 0 Å². The van der Waals surface area contributed by atoms with Gasteiger partial charge in [0.2, 0.25) is 0 Å². The van der Waals surface area contributed by atoms with E-state index in [0.29, 0.717) is 12.1 Å². The number of carboxylic acids is 1. The third-order valence-electron chi connectivity index (χ3n) is 2.13. The second kappa shape index (κ2) is 4.00. The summed E-state index contributed by atoms with van der Waals surface area (Å²) in [5.41, 5.74) is 2.05. The molecule has 0 amide bonds. The van der Waals surface area contributed by atoms with Crippen molar-refractivity contribution >= 4 is 21.9 Å². The molecule has 0 aromatic carbocycles. The zero-order valence-corrected chi connectivity index (χ0v) is 9.76. The van der Waals surface area contributed by atoms with E-state index in [1.165, 1.54) is 0 Å². The van der Waals surface area contributed by atoms with Crippen molar-refractivity contribution in [3.05, 3.63) is 34.1 Å². The van der Waals surface area contributed by atoms with Crippen LogP contribution in [0.4, 0.5) is 0 Å². The Morgan fingerprint density at radius 3 is 2.57 bits per heavy atom. The predicted molar refractivity (Wildman–Crippen MR) is 58.9 cm³/mol. The zero-order valence-electron chi connectivity index (χ0n) is 8.17. The molecule has 0 fully saturated rings. The van der Waals surface area contributed by atoms with Crippen LogP contribution in [0, 0.1) is 13.8 Å². The molecule has 0 saturated carbocycles. The minimum absolute atomic E-state index is 0.358. The minimum Gasteiger partial charge on any atom is -0.478 e. The number of hydrogen-bond donors (Lipinski definition) is 1. The van der Waals surface area contributed by atoms with E-state index >= 15 is 0 Å². The van der Waals surface area contributed by atoms with Crippen molar-refractivity contribution in [2.75, 3.05) is 0 Å². The number of allylic oxidation sites excluding steroid dienone is 1. The van der Waals surface area contributed by atoms with Gasteiger partial charge in [-0.15, -0.1) is 0 Å². The number of aryl methyl sites for hydroxylation is 1. The van der Waals surface area contributed by atoms with Crippen LogP contribution in [0.3, 0.4) is 0 Å². The van der Waals surface area contributed by atoms with E-state index in [9.17, 15) is 4.79 Å². The maximum atomic E-state index is 10.8. The predicted octanol–water partition coefficient (Wildman–Crippen LogP) is 2.71. The first kappa shape index (κ1) is 11.0. The largest absolute Gasteiger partial charge is 0.478 e. The monoisotopic (exact) mass is 257 g/mol. The number of rotatable bonds is 3. The van der Waals surface area contributed by atoms with Gasteiger partial charge in [0.05, 0.1) is 12.1 Å². The van der Waals surface area contributed by atoms with Crippen molar-refractivity contribution in [1.29, 1.82) is 0 Å². The molecule has 0 aliphatic heterocycles. The molecule has 14 heavy (non-hydrogen) atoms. The van der Waals surface area contributed by atoms with Gasteiger partial charge in [0, 0.05) is 15.9 Å². The second-order valence-corrected chi connectivity index (χ2v) is 4.31. The van der Waals surface area contributed by atoms with Crippen molar-refractivity contribution in [1.82, 2.24) is 4.57 Å². The highest BCUT2D eigenvalue weighted by Crippen LogP contribution is 2.17. The lowest BCUT2D eigenvalue weighted by Crippen LogP contribution is -2.04. The van der Waals surface area contributed by atoms with Gasteiger partial charge in [-0.3, -0.25) is 0 Å². The first-order valence-electron chi connectivity index (χ1n) is 4.16. The van der Waals surface area contributed by atoms with Crippen LogP contribution in [0.5, 0.6) is 0 Å². The van der Waals surface area contributed by atoms with Crippen molar-refractivity contribution in [3.63, 3.8) is 0 Å². The Balaban J connectivity index is 3.17. The first-order chi connectivity index (χ1) is 6.43. The van der Waals surface area contributed by atoms with Gasteiger partial charge in [0.15, 0.2) is 0 Å². The summed E-state index contributed by atoms with van der Waals surface area (Å²) in [7, 11) is 0. The van der Waals surface area contributed by atoms with Gasteiger partial charge < -0.3 is 9.67 Å². The Morgan fingerprint density at radius 2 is 2.21 bits per heavy atom. The van der Waals surface area contributed by atoms with Crippen LogP contribution < -0.4 is 0 Å². The fourth-order valence-corrected chi connectivity index (χ4v) is 1.68. The fourth-order valence-electron chi connectivity index (χ4n) is 1.43. The Labute approximate surface area is 91.2 Å². The number of aromatic carboxylic acids is 1. The highest BCUT2D eigenvalue weighted by Gasteiger charge is 2.14. The summed E-state index contributed by atoms with van der Waals surface area (Å²) in [5, 5.41) is 8.89. The normalized spacial score (nSPS) is 10.2. The summed E-state index contributed by atoms with van der Waals surface area (Å²) in [6.45, 7) is 8.02. The Bertz CT molecular complexity index is 393. The molecule has 3 nitrogen and oxygen atoms in total. The van der Waals surface area contributed by atoms with Gasteiger partial charge in [-0.2, -0.15) is 0 Å². The second-order valence-electron chi connectivity index (χ2n) is 3.19. The molecule has 76 valence electrons. The molecule has 4 heteroatoms. The highest BCUT2D eigenvalue weighted by molar-refractivity contribution is 9.11. The summed E-state index contributed by atoms with van der Waals surface area (Å²) in [4.78, 5) is 10.8. The van der Waals surface area contributed by atoms with E-state index in [2.05, 4.69) is 22.5 Å². The maximum Gasteiger partial charge on any atom is 0.337 e. The number of carbonyl (C=O) groups is 1. The van der Waals surface area contributed by atoms with Crippen molar-refractivity contribution in [2.24, 2.45) is 0 Å². The summed E-state index contributed by atoms with van der Waals surface area (Å²) >= 11 is 3.26. The molecule has 0 aliphatic rings. The molecule has 1 heterocycles. The Morgan fingerprint density at radius 1 is 1.64 bits per heavy atom. The van der Waals surface area contributed by atoms with E-state index in [4.69, 9.17) is 5.11 Å². The summed E-state index contributed by atoms with van der Waals surface area (Å²) in [6, 6.07) is 1.67. The summed E-state index contributed by atoms with van der Waals surface area (Å²) in [5.74, 6) is -0.885. The molecule has 1 aromatic heterocycles. The smallest absolute Gasteiger partial charge is 0.337 e. The van der Waals surface area contributed by atoms with Crippen molar-refractivity contribution in [2.45, 2.75) is 20.4 Å². The van der Waals surface area contributed by atoms with Crippen molar-refractivity contribution < 1.29 is 9.90 Å². The Kier molecular flexibility index (Phi) is 3.16. The molecule has 1 aromatic rings. The summed E-state index contributed by atoms with van der Waals surface area (Å²) < 4.78 is 2.75. The third kappa shape index (κ3) is 2.07. The highest BCUT2D eigenvalue weighted by atomic mass is 79.9. The van der Waals surface area contributed by atoms with E-state index in [1.54, 1.807) is 13.0 Å². The lowest BCUT2D eigenvalue weighted by atomic mass is 10.2. The van der Waals surface area contributed by atoms with Crippen LogP contribution in [0.1, 0.15) is 21.7 Å². The van der Waals surface area contributed by atoms with Crippen LogP contribution in [-0.4, -0.2) is 15.6 Å². The number of carboxylic acid groups (broad SMARTS) is 1.